The summed E-state index contributed by atoms with van der Waals surface area (Å²) in [5.41, 5.74) is 2.74. The first-order valence-electron chi connectivity index (χ1n) is 9.13. The summed E-state index contributed by atoms with van der Waals surface area (Å²) in [6, 6.07) is 14.1. The average molecular weight is 427 g/mol. The van der Waals surface area contributed by atoms with Crippen molar-refractivity contribution >= 4 is 35.2 Å². The number of hydrogen-bond acceptors (Lipinski definition) is 6. The first-order valence-corrected chi connectivity index (χ1v) is 10.3. The SMILES string of the molecule is Fc1ccc2c(c1Oc1ccccc1Cl)N=C(N1CCc3cccnc3C1)NS2. The molecule has 0 radical (unpaired) electrons. The Morgan fingerprint density at radius 2 is 2.03 bits per heavy atom. The molecule has 0 unspecified atom stereocenters. The third-order valence-electron chi connectivity index (χ3n) is 4.84. The molecule has 1 aromatic heterocycles. The Hall–Kier alpha value is -2.77. The summed E-state index contributed by atoms with van der Waals surface area (Å²) in [6.45, 7) is 1.45. The second-order valence-corrected chi connectivity index (χ2v) is 7.93. The van der Waals surface area contributed by atoms with Gasteiger partial charge in [-0.1, -0.05) is 29.8 Å². The third kappa shape index (κ3) is 3.52. The van der Waals surface area contributed by atoms with Crippen LogP contribution in [-0.4, -0.2) is 22.4 Å². The minimum Gasteiger partial charge on any atom is -0.450 e. The molecule has 0 bridgehead atoms. The Balaban J connectivity index is 1.50. The zero-order chi connectivity index (χ0) is 19.8. The van der Waals surface area contributed by atoms with Gasteiger partial charge in [-0.05, 0) is 54.3 Å². The van der Waals surface area contributed by atoms with E-state index in [2.05, 4.69) is 20.7 Å². The highest BCUT2D eigenvalue weighted by atomic mass is 35.5. The van der Waals surface area contributed by atoms with Crippen LogP contribution in [0.2, 0.25) is 5.02 Å². The lowest BCUT2D eigenvalue weighted by atomic mass is 10.1. The number of aliphatic imine (C=N–C) groups is 1. The van der Waals surface area contributed by atoms with Gasteiger partial charge in [-0.25, -0.2) is 9.38 Å². The van der Waals surface area contributed by atoms with Crippen molar-refractivity contribution < 1.29 is 9.13 Å². The summed E-state index contributed by atoms with van der Waals surface area (Å²) >= 11 is 7.58. The van der Waals surface area contributed by atoms with Crippen LogP contribution in [0.3, 0.4) is 0 Å². The van der Waals surface area contributed by atoms with Gasteiger partial charge in [0.25, 0.3) is 0 Å². The van der Waals surface area contributed by atoms with Crippen molar-refractivity contribution in [3.63, 3.8) is 0 Å². The maximum absolute atomic E-state index is 14.7. The van der Waals surface area contributed by atoms with E-state index in [-0.39, 0.29) is 5.75 Å². The standard InChI is InChI=1S/C21H16ClFN4OS/c22-14-5-1-2-6-17(14)28-20-15(23)7-8-18-19(20)25-21(26-29-18)27-11-9-13-4-3-10-24-16(13)12-27/h1-8,10H,9,11-12H2,(H,25,26). The van der Waals surface area contributed by atoms with E-state index in [1.807, 2.05) is 6.07 Å². The summed E-state index contributed by atoms with van der Waals surface area (Å²) in [7, 11) is 0. The Labute approximate surface area is 176 Å². The lowest BCUT2D eigenvalue weighted by Gasteiger charge is -2.32. The number of hydrogen-bond donors (Lipinski definition) is 1. The van der Waals surface area contributed by atoms with Gasteiger partial charge in [0.2, 0.25) is 5.96 Å². The molecule has 3 heterocycles. The summed E-state index contributed by atoms with van der Waals surface area (Å²) in [5.74, 6) is 0.629. The van der Waals surface area contributed by atoms with E-state index < -0.39 is 5.82 Å². The number of aromatic nitrogens is 1. The van der Waals surface area contributed by atoms with Gasteiger partial charge >= 0.3 is 0 Å². The highest BCUT2D eigenvalue weighted by Gasteiger charge is 2.26. The topological polar surface area (TPSA) is 49.8 Å². The molecule has 5 rings (SSSR count). The molecule has 0 saturated carbocycles. The summed E-state index contributed by atoms with van der Waals surface area (Å²) < 4.78 is 23.8. The fraction of sp³-hybridized carbons (Fsp3) is 0.143. The summed E-state index contributed by atoms with van der Waals surface area (Å²) in [5, 5.41) is 0.411. The van der Waals surface area contributed by atoms with Gasteiger partial charge in [0.05, 0.1) is 22.2 Å². The number of fused-ring (bicyclic) bond motifs is 2. The van der Waals surface area contributed by atoms with E-state index in [9.17, 15) is 4.39 Å². The zero-order valence-corrected chi connectivity index (χ0v) is 16.8. The van der Waals surface area contributed by atoms with E-state index >= 15 is 0 Å². The minimum atomic E-state index is -0.486. The Kier molecular flexibility index (Phi) is 4.77. The second-order valence-electron chi connectivity index (χ2n) is 6.68. The van der Waals surface area contributed by atoms with Gasteiger partial charge < -0.3 is 9.64 Å². The van der Waals surface area contributed by atoms with Crippen molar-refractivity contribution in [2.24, 2.45) is 4.99 Å². The summed E-state index contributed by atoms with van der Waals surface area (Å²) in [6.07, 6.45) is 2.68. The molecule has 0 atom stereocenters. The Morgan fingerprint density at radius 1 is 1.14 bits per heavy atom. The zero-order valence-electron chi connectivity index (χ0n) is 15.2. The smallest absolute Gasteiger partial charge is 0.210 e. The lowest BCUT2D eigenvalue weighted by molar-refractivity contribution is 0.379. The molecular formula is C21H16ClFN4OS. The molecule has 0 amide bonds. The van der Waals surface area contributed by atoms with Gasteiger partial charge in [0.1, 0.15) is 11.4 Å². The van der Waals surface area contributed by atoms with Crippen molar-refractivity contribution in [2.45, 2.75) is 17.9 Å². The van der Waals surface area contributed by atoms with Crippen molar-refractivity contribution in [3.05, 3.63) is 76.8 Å². The van der Waals surface area contributed by atoms with Crippen LogP contribution < -0.4 is 9.46 Å². The molecule has 2 aromatic carbocycles. The quantitative estimate of drug-likeness (QED) is 0.562. The predicted molar refractivity (Wildman–Crippen MR) is 112 cm³/mol. The number of pyridine rings is 1. The van der Waals surface area contributed by atoms with Gasteiger partial charge in [-0.2, -0.15) is 0 Å². The molecule has 2 aliphatic rings. The number of halogens is 2. The Bertz CT molecular complexity index is 1120. The first-order chi connectivity index (χ1) is 14.2. The molecule has 146 valence electrons. The molecular weight excluding hydrogens is 411 g/mol. The van der Waals surface area contributed by atoms with Gasteiger partial charge in [-0.15, -0.1) is 0 Å². The molecule has 0 fully saturated rings. The van der Waals surface area contributed by atoms with E-state index in [1.54, 1.807) is 36.5 Å². The van der Waals surface area contributed by atoms with E-state index in [0.717, 1.165) is 23.6 Å². The molecule has 0 aliphatic carbocycles. The summed E-state index contributed by atoms with van der Waals surface area (Å²) in [4.78, 5) is 12.1. The minimum absolute atomic E-state index is 0.0673. The number of nitrogens with one attached hydrogen (secondary N) is 1. The molecule has 0 spiro atoms. The largest absolute Gasteiger partial charge is 0.450 e. The van der Waals surface area contributed by atoms with Crippen molar-refractivity contribution in [2.75, 3.05) is 6.54 Å². The molecule has 0 saturated heterocycles. The number of guanidine groups is 1. The van der Waals surface area contributed by atoms with Crippen LogP contribution in [0.4, 0.5) is 10.1 Å². The second kappa shape index (κ2) is 7.57. The maximum atomic E-state index is 14.7. The molecule has 8 heteroatoms. The van der Waals surface area contributed by atoms with Crippen LogP contribution in [0.15, 0.2) is 64.6 Å². The monoisotopic (exact) mass is 426 g/mol. The molecule has 3 aromatic rings. The number of rotatable bonds is 2. The van der Waals surface area contributed by atoms with Crippen molar-refractivity contribution in [3.8, 4) is 11.5 Å². The van der Waals surface area contributed by atoms with E-state index in [4.69, 9.17) is 21.3 Å². The van der Waals surface area contributed by atoms with Crippen LogP contribution in [0, 0.1) is 5.82 Å². The fourth-order valence-electron chi connectivity index (χ4n) is 3.35. The van der Waals surface area contributed by atoms with Crippen LogP contribution in [0.25, 0.3) is 0 Å². The number of nitrogens with zero attached hydrogens (tertiary/aromatic N) is 3. The maximum Gasteiger partial charge on any atom is 0.210 e. The fourth-order valence-corrected chi connectivity index (χ4v) is 4.27. The van der Waals surface area contributed by atoms with Crippen molar-refractivity contribution in [1.29, 1.82) is 0 Å². The molecule has 29 heavy (non-hydrogen) atoms. The van der Waals surface area contributed by atoms with Crippen LogP contribution in [0.5, 0.6) is 11.5 Å². The number of para-hydroxylation sites is 1. The molecule has 1 N–H and O–H groups in total. The van der Waals surface area contributed by atoms with Gasteiger partial charge in [-0.3, -0.25) is 9.71 Å². The lowest BCUT2D eigenvalue weighted by Crippen LogP contribution is -2.42. The normalized spacial score (nSPS) is 15.1. The highest BCUT2D eigenvalue weighted by Crippen LogP contribution is 2.44. The van der Waals surface area contributed by atoms with Crippen LogP contribution in [0.1, 0.15) is 11.3 Å². The molecule has 5 nitrogen and oxygen atoms in total. The van der Waals surface area contributed by atoms with Gasteiger partial charge in [0.15, 0.2) is 11.6 Å². The third-order valence-corrected chi connectivity index (χ3v) is 5.99. The number of benzene rings is 2. The highest BCUT2D eigenvalue weighted by molar-refractivity contribution is 7.98. The average Bonchev–Trinajstić information content (AvgIpc) is 2.76. The van der Waals surface area contributed by atoms with E-state index in [0.29, 0.717) is 29.0 Å². The Morgan fingerprint density at radius 3 is 2.93 bits per heavy atom. The van der Waals surface area contributed by atoms with Crippen LogP contribution >= 0.6 is 23.5 Å². The number of ether oxygens (including phenoxy) is 1. The molecule has 2 aliphatic heterocycles. The van der Waals surface area contributed by atoms with Crippen molar-refractivity contribution in [1.82, 2.24) is 14.6 Å². The van der Waals surface area contributed by atoms with Gasteiger partial charge in [0, 0.05) is 12.7 Å². The van der Waals surface area contributed by atoms with E-state index in [1.165, 1.54) is 23.6 Å². The van der Waals surface area contributed by atoms with Crippen LogP contribution in [-0.2, 0) is 13.0 Å². The predicted octanol–water partition coefficient (Wildman–Crippen LogP) is 5.32. The first kappa shape index (κ1) is 18.3.